The van der Waals surface area contributed by atoms with E-state index in [9.17, 15) is 9.90 Å². The highest BCUT2D eigenvalue weighted by Gasteiger charge is 2.07. The summed E-state index contributed by atoms with van der Waals surface area (Å²) in [5.74, 6) is 0.868. The van der Waals surface area contributed by atoms with Crippen molar-refractivity contribution in [3.05, 3.63) is 47.7 Å². The van der Waals surface area contributed by atoms with Crippen molar-refractivity contribution in [1.29, 1.82) is 0 Å². The smallest absolute Gasteiger partial charge is 0.271 e. The molecule has 0 atom stereocenters. The van der Waals surface area contributed by atoms with Crippen molar-refractivity contribution in [3.8, 4) is 11.5 Å². The lowest BCUT2D eigenvalue weighted by molar-refractivity contribution is 0.0955. The first kappa shape index (κ1) is 16.3. The van der Waals surface area contributed by atoms with Gasteiger partial charge in [0, 0.05) is 37.5 Å². The third-order valence-electron chi connectivity index (χ3n) is 3.07. The van der Waals surface area contributed by atoms with Gasteiger partial charge in [0.1, 0.15) is 17.3 Å². The number of phenolic OH excluding ortho intramolecular Hbond substituents is 1. The minimum Gasteiger partial charge on any atom is -0.507 e. The number of ether oxygens (including phenoxy) is 1. The molecule has 2 N–H and O–H groups in total. The normalized spacial score (nSPS) is 10.6. The van der Waals surface area contributed by atoms with E-state index in [-0.39, 0.29) is 11.7 Å². The minimum absolute atomic E-state index is 0.0150. The maximum atomic E-state index is 12.0. The van der Waals surface area contributed by atoms with Gasteiger partial charge >= 0.3 is 0 Å². The van der Waals surface area contributed by atoms with E-state index in [0.717, 1.165) is 0 Å². The molecule has 0 radical (unpaired) electrons. The first-order valence-corrected chi connectivity index (χ1v) is 6.85. The van der Waals surface area contributed by atoms with Gasteiger partial charge in [0.2, 0.25) is 0 Å². The van der Waals surface area contributed by atoms with Crippen LogP contribution in [-0.4, -0.2) is 43.4 Å². The molecule has 2 rings (SSSR count). The monoisotopic (exact) mass is 314 g/mol. The van der Waals surface area contributed by atoms with Crippen molar-refractivity contribution in [2.45, 2.75) is 0 Å². The van der Waals surface area contributed by atoms with E-state index >= 15 is 0 Å². The number of anilines is 1. The summed E-state index contributed by atoms with van der Waals surface area (Å²) in [6.45, 7) is 0. The number of carbonyl (C=O) groups excluding carboxylic acids is 1. The Morgan fingerprint density at radius 2 is 2.13 bits per heavy atom. The number of pyridine rings is 1. The number of methoxy groups -OCH3 is 1. The molecular weight excluding hydrogens is 296 g/mol. The number of benzene rings is 1. The second-order valence-corrected chi connectivity index (χ2v) is 4.92. The van der Waals surface area contributed by atoms with Crippen LogP contribution in [0.2, 0.25) is 0 Å². The van der Waals surface area contributed by atoms with E-state index in [4.69, 9.17) is 4.74 Å². The summed E-state index contributed by atoms with van der Waals surface area (Å²) in [6, 6.07) is 8.06. The number of hydrogen-bond donors (Lipinski definition) is 2. The lowest BCUT2D eigenvalue weighted by atomic mass is 10.2. The molecule has 0 bridgehead atoms. The predicted molar refractivity (Wildman–Crippen MR) is 88.3 cm³/mol. The average Bonchev–Trinajstić information content (AvgIpc) is 2.56. The molecule has 7 nitrogen and oxygen atoms in total. The van der Waals surface area contributed by atoms with Gasteiger partial charge in [-0.1, -0.05) is 0 Å². The fourth-order valence-electron chi connectivity index (χ4n) is 1.79. The summed E-state index contributed by atoms with van der Waals surface area (Å²) in [4.78, 5) is 18.0. The number of amides is 1. The molecule has 0 fully saturated rings. The van der Waals surface area contributed by atoms with Crippen molar-refractivity contribution in [2.24, 2.45) is 5.10 Å². The molecule has 0 aliphatic heterocycles. The molecule has 2 aromatic rings. The Morgan fingerprint density at radius 1 is 1.35 bits per heavy atom. The molecule has 1 heterocycles. The summed E-state index contributed by atoms with van der Waals surface area (Å²) in [7, 11) is 5.20. The van der Waals surface area contributed by atoms with Crippen LogP contribution in [0.25, 0.3) is 0 Å². The van der Waals surface area contributed by atoms with Gasteiger partial charge in [0.15, 0.2) is 0 Å². The number of rotatable bonds is 5. The van der Waals surface area contributed by atoms with Crippen molar-refractivity contribution in [3.63, 3.8) is 0 Å². The largest absolute Gasteiger partial charge is 0.507 e. The second-order valence-electron chi connectivity index (χ2n) is 4.92. The van der Waals surface area contributed by atoms with E-state index in [1.54, 1.807) is 35.4 Å². The number of carbonyl (C=O) groups is 1. The summed E-state index contributed by atoms with van der Waals surface area (Å²) < 4.78 is 5.00. The van der Waals surface area contributed by atoms with Crippen molar-refractivity contribution in [1.82, 2.24) is 10.4 Å². The van der Waals surface area contributed by atoms with Crippen molar-refractivity contribution in [2.75, 3.05) is 26.1 Å². The predicted octanol–water partition coefficient (Wildman–Crippen LogP) is 1.63. The van der Waals surface area contributed by atoms with Gasteiger partial charge in [-0.25, -0.2) is 10.4 Å². The Morgan fingerprint density at radius 3 is 2.78 bits per heavy atom. The van der Waals surface area contributed by atoms with E-state index in [2.05, 4.69) is 15.5 Å². The van der Waals surface area contributed by atoms with Crippen LogP contribution in [0.5, 0.6) is 11.5 Å². The number of nitrogens with zero attached hydrogens (tertiary/aromatic N) is 3. The second kappa shape index (κ2) is 7.26. The number of aromatic nitrogens is 1. The van der Waals surface area contributed by atoms with Gasteiger partial charge < -0.3 is 14.7 Å². The van der Waals surface area contributed by atoms with Crippen LogP contribution in [0.15, 0.2) is 41.6 Å². The quantitative estimate of drug-likeness (QED) is 0.647. The molecule has 0 spiro atoms. The standard InChI is InChI=1S/C16H18N4O3/c1-20(2)15-8-11(6-7-17-15)16(22)19-18-10-12-4-5-13(23-3)9-14(12)21/h4-10,21H,1-3H3,(H,19,22)/b18-10+. The Labute approximate surface area is 134 Å². The third kappa shape index (κ3) is 4.19. The fourth-order valence-corrected chi connectivity index (χ4v) is 1.79. The van der Waals surface area contributed by atoms with Crippen LogP contribution in [-0.2, 0) is 0 Å². The van der Waals surface area contributed by atoms with Crippen LogP contribution in [0.1, 0.15) is 15.9 Å². The maximum absolute atomic E-state index is 12.0. The van der Waals surface area contributed by atoms with E-state index in [0.29, 0.717) is 22.7 Å². The summed E-state index contributed by atoms with van der Waals surface area (Å²) in [5, 5.41) is 13.7. The van der Waals surface area contributed by atoms with Crippen LogP contribution < -0.4 is 15.1 Å². The molecule has 0 saturated carbocycles. The molecule has 23 heavy (non-hydrogen) atoms. The summed E-state index contributed by atoms with van der Waals surface area (Å²) in [6.07, 6.45) is 2.92. The average molecular weight is 314 g/mol. The lowest BCUT2D eigenvalue weighted by Crippen LogP contribution is -2.19. The van der Waals surface area contributed by atoms with Gasteiger partial charge in [0.25, 0.3) is 5.91 Å². The lowest BCUT2D eigenvalue weighted by Gasteiger charge is -2.11. The number of hydrazone groups is 1. The van der Waals surface area contributed by atoms with E-state index in [1.807, 2.05) is 14.1 Å². The Kier molecular flexibility index (Phi) is 5.14. The van der Waals surface area contributed by atoms with Crippen LogP contribution >= 0.6 is 0 Å². The number of nitrogens with one attached hydrogen (secondary N) is 1. The number of aromatic hydroxyl groups is 1. The highest BCUT2D eigenvalue weighted by atomic mass is 16.5. The molecular formula is C16H18N4O3. The summed E-state index contributed by atoms with van der Waals surface area (Å²) >= 11 is 0. The Hall–Kier alpha value is -3.09. The third-order valence-corrected chi connectivity index (χ3v) is 3.07. The van der Waals surface area contributed by atoms with Gasteiger partial charge in [-0.2, -0.15) is 5.10 Å². The van der Waals surface area contributed by atoms with E-state index in [1.165, 1.54) is 19.4 Å². The van der Waals surface area contributed by atoms with Crippen LogP contribution in [0.3, 0.4) is 0 Å². The Bertz CT molecular complexity index is 729. The number of phenols is 1. The van der Waals surface area contributed by atoms with Gasteiger partial charge in [-0.3, -0.25) is 4.79 Å². The van der Waals surface area contributed by atoms with Gasteiger partial charge in [-0.15, -0.1) is 0 Å². The first-order valence-electron chi connectivity index (χ1n) is 6.85. The molecule has 1 aromatic heterocycles. The molecule has 0 aliphatic carbocycles. The molecule has 0 unspecified atom stereocenters. The SMILES string of the molecule is COc1ccc(/C=N/NC(=O)c2ccnc(N(C)C)c2)c(O)c1. The highest BCUT2D eigenvalue weighted by molar-refractivity contribution is 5.95. The first-order chi connectivity index (χ1) is 11.0. The van der Waals surface area contributed by atoms with Crippen molar-refractivity contribution < 1.29 is 14.6 Å². The van der Waals surface area contributed by atoms with Crippen molar-refractivity contribution >= 4 is 17.9 Å². The molecule has 1 amide bonds. The molecule has 1 aromatic carbocycles. The zero-order valence-corrected chi connectivity index (χ0v) is 13.1. The zero-order valence-electron chi connectivity index (χ0n) is 13.1. The molecule has 120 valence electrons. The highest BCUT2D eigenvalue weighted by Crippen LogP contribution is 2.21. The molecule has 0 aliphatic rings. The van der Waals surface area contributed by atoms with Crippen LogP contribution in [0, 0.1) is 0 Å². The van der Waals surface area contributed by atoms with E-state index < -0.39 is 0 Å². The zero-order chi connectivity index (χ0) is 16.8. The van der Waals surface area contributed by atoms with Crippen LogP contribution in [0.4, 0.5) is 5.82 Å². The fraction of sp³-hybridized carbons (Fsp3) is 0.188. The topological polar surface area (TPSA) is 87.0 Å². The molecule has 7 heteroatoms. The maximum Gasteiger partial charge on any atom is 0.271 e. The van der Waals surface area contributed by atoms with Gasteiger partial charge in [-0.05, 0) is 24.3 Å². The minimum atomic E-state index is -0.361. The van der Waals surface area contributed by atoms with Gasteiger partial charge in [0.05, 0.1) is 13.3 Å². The Balaban J connectivity index is 2.05. The summed E-state index contributed by atoms with van der Waals surface area (Å²) in [5.41, 5.74) is 3.32. The number of hydrogen-bond acceptors (Lipinski definition) is 6. The molecule has 0 saturated heterocycles.